The second-order valence-electron chi connectivity index (χ2n) is 6.62. The van der Waals surface area contributed by atoms with Gasteiger partial charge in [0.05, 0.1) is 41.6 Å². The molecule has 3 heterocycles. The van der Waals surface area contributed by atoms with Crippen molar-refractivity contribution in [3.8, 4) is 0 Å². The minimum atomic E-state index is -0.293. The number of imide groups is 1. The Morgan fingerprint density at radius 1 is 1.28 bits per heavy atom. The Balaban J connectivity index is 1.85. The average Bonchev–Trinajstić information content (AvgIpc) is 3.19. The minimum absolute atomic E-state index is 0.0750. The van der Waals surface area contributed by atoms with Gasteiger partial charge >= 0.3 is 0 Å². The molecule has 1 unspecified atom stereocenters. The van der Waals surface area contributed by atoms with Gasteiger partial charge in [-0.1, -0.05) is 11.6 Å². The van der Waals surface area contributed by atoms with Crippen molar-refractivity contribution in [2.24, 2.45) is 0 Å². The van der Waals surface area contributed by atoms with E-state index in [1.165, 1.54) is 4.90 Å². The summed E-state index contributed by atoms with van der Waals surface area (Å²) in [4.78, 5) is 31.9. The van der Waals surface area contributed by atoms with E-state index in [1.54, 1.807) is 7.11 Å². The van der Waals surface area contributed by atoms with Crippen molar-refractivity contribution in [2.75, 3.05) is 20.3 Å². The van der Waals surface area contributed by atoms with Crippen molar-refractivity contribution in [3.05, 3.63) is 40.6 Å². The Hall–Kier alpha value is -2.31. The van der Waals surface area contributed by atoms with Crippen LogP contribution in [0.5, 0.6) is 0 Å². The smallest absolute Gasteiger partial charge is 0.263 e. The van der Waals surface area contributed by atoms with Gasteiger partial charge in [-0.05, 0) is 31.9 Å². The summed E-state index contributed by atoms with van der Waals surface area (Å²) in [7, 11) is 1.55. The Labute approximate surface area is 145 Å². The molecule has 0 aliphatic carbocycles. The highest BCUT2D eigenvalue weighted by atomic mass is 16.5. The molecule has 2 aliphatic rings. The third-order valence-electron chi connectivity index (χ3n) is 4.82. The minimum Gasteiger partial charge on any atom is -0.378 e. The van der Waals surface area contributed by atoms with E-state index in [-0.39, 0.29) is 24.5 Å². The van der Waals surface area contributed by atoms with Crippen molar-refractivity contribution >= 4 is 22.7 Å². The largest absolute Gasteiger partial charge is 0.378 e. The number of methoxy groups -OCH3 is 1. The first-order chi connectivity index (χ1) is 12.1. The highest BCUT2D eigenvalue weighted by molar-refractivity contribution is 6.26. The van der Waals surface area contributed by atoms with Crippen LogP contribution in [0.4, 0.5) is 0 Å². The number of rotatable bonds is 4. The Morgan fingerprint density at radius 3 is 2.80 bits per heavy atom. The van der Waals surface area contributed by atoms with Crippen molar-refractivity contribution in [3.63, 3.8) is 0 Å². The first-order valence-corrected chi connectivity index (χ1v) is 8.50. The SMILES string of the molecule is COCc1nc2ccc(C)cc2c2c1C(=O)N(CC1CCCO1)C2=O. The Bertz CT molecular complexity index is 871. The molecule has 1 aromatic carbocycles. The summed E-state index contributed by atoms with van der Waals surface area (Å²) in [6.07, 6.45) is 1.76. The molecule has 1 saturated heterocycles. The van der Waals surface area contributed by atoms with Crippen LogP contribution in [0.1, 0.15) is 44.8 Å². The molecule has 6 nitrogen and oxygen atoms in total. The maximum Gasteiger partial charge on any atom is 0.263 e. The molecule has 0 N–H and O–H groups in total. The molecule has 0 spiro atoms. The third-order valence-corrected chi connectivity index (χ3v) is 4.82. The highest BCUT2D eigenvalue weighted by Gasteiger charge is 2.41. The van der Waals surface area contributed by atoms with Crippen LogP contribution >= 0.6 is 0 Å². The predicted molar refractivity (Wildman–Crippen MR) is 91.5 cm³/mol. The fraction of sp³-hybridized carbons (Fsp3) is 0.421. The van der Waals surface area contributed by atoms with Gasteiger partial charge in [-0.3, -0.25) is 14.5 Å². The molecule has 1 fully saturated rings. The zero-order chi connectivity index (χ0) is 17.6. The van der Waals surface area contributed by atoms with Gasteiger partial charge in [-0.15, -0.1) is 0 Å². The third kappa shape index (κ3) is 2.62. The fourth-order valence-corrected chi connectivity index (χ4v) is 3.64. The fourth-order valence-electron chi connectivity index (χ4n) is 3.64. The second kappa shape index (κ2) is 6.20. The van der Waals surface area contributed by atoms with E-state index in [0.29, 0.717) is 35.5 Å². The van der Waals surface area contributed by atoms with Crippen LogP contribution < -0.4 is 0 Å². The number of carbonyl (C=O) groups is 2. The predicted octanol–water partition coefficient (Wildman–Crippen LogP) is 2.46. The van der Waals surface area contributed by atoms with Crippen LogP contribution in [0.2, 0.25) is 0 Å². The van der Waals surface area contributed by atoms with E-state index in [0.717, 1.165) is 23.8 Å². The van der Waals surface area contributed by atoms with E-state index in [1.807, 2.05) is 25.1 Å². The van der Waals surface area contributed by atoms with E-state index in [9.17, 15) is 9.59 Å². The first kappa shape index (κ1) is 16.2. The molecule has 25 heavy (non-hydrogen) atoms. The van der Waals surface area contributed by atoms with E-state index in [4.69, 9.17) is 9.47 Å². The first-order valence-electron chi connectivity index (χ1n) is 8.50. The zero-order valence-corrected chi connectivity index (χ0v) is 14.4. The van der Waals surface area contributed by atoms with E-state index in [2.05, 4.69) is 4.98 Å². The van der Waals surface area contributed by atoms with Gasteiger partial charge in [-0.2, -0.15) is 0 Å². The maximum atomic E-state index is 13.1. The summed E-state index contributed by atoms with van der Waals surface area (Å²) in [6.45, 7) is 3.14. The molecule has 1 atom stereocenters. The van der Waals surface area contributed by atoms with Crippen molar-refractivity contribution in [1.82, 2.24) is 9.88 Å². The maximum absolute atomic E-state index is 13.1. The average molecular weight is 340 g/mol. The number of aromatic nitrogens is 1. The van der Waals surface area contributed by atoms with Crippen LogP contribution in [-0.2, 0) is 16.1 Å². The Morgan fingerprint density at radius 2 is 2.08 bits per heavy atom. The second-order valence-corrected chi connectivity index (χ2v) is 6.62. The number of pyridine rings is 1. The molecule has 130 valence electrons. The van der Waals surface area contributed by atoms with Gasteiger partial charge in [0.2, 0.25) is 0 Å². The number of amides is 2. The van der Waals surface area contributed by atoms with Crippen molar-refractivity contribution in [1.29, 1.82) is 0 Å². The molecular weight excluding hydrogens is 320 g/mol. The molecule has 2 aliphatic heterocycles. The number of benzene rings is 1. The van der Waals surface area contributed by atoms with Gasteiger partial charge in [0.25, 0.3) is 11.8 Å². The lowest BCUT2D eigenvalue weighted by Gasteiger charge is -2.18. The normalized spacial score (nSPS) is 19.9. The zero-order valence-electron chi connectivity index (χ0n) is 14.4. The van der Waals surface area contributed by atoms with Gasteiger partial charge in [0.15, 0.2) is 0 Å². The molecule has 2 aromatic rings. The molecule has 6 heteroatoms. The van der Waals surface area contributed by atoms with Crippen LogP contribution in [0.3, 0.4) is 0 Å². The summed E-state index contributed by atoms with van der Waals surface area (Å²) in [6, 6.07) is 5.74. The molecule has 0 bridgehead atoms. The van der Waals surface area contributed by atoms with E-state index >= 15 is 0 Å². The van der Waals surface area contributed by atoms with Crippen LogP contribution in [-0.4, -0.2) is 48.1 Å². The quantitative estimate of drug-likeness (QED) is 0.800. The number of nitrogens with zero attached hydrogens (tertiary/aromatic N) is 2. The molecule has 0 saturated carbocycles. The van der Waals surface area contributed by atoms with Crippen molar-refractivity contribution < 1.29 is 19.1 Å². The lowest BCUT2D eigenvalue weighted by Crippen LogP contribution is -2.36. The van der Waals surface area contributed by atoms with Crippen molar-refractivity contribution in [2.45, 2.75) is 32.5 Å². The number of aryl methyl sites for hydroxylation is 1. The lowest BCUT2D eigenvalue weighted by atomic mass is 10.0. The Kier molecular flexibility index (Phi) is 4.01. The molecular formula is C19H20N2O4. The van der Waals surface area contributed by atoms with Crippen LogP contribution in [0.25, 0.3) is 10.9 Å². The summed E-state index contributed by atoms with van der Waals surface area (Å²) in [5.41, 5.74) is 3.07. The summed E-state index contributed by atoms with van der Waals surface area (Å²) < 4.78 is 10.8. The number of ether oxygens (including phenoxy) is 2. The lowest BCUT2D eigenvalue weighted by molar-refractivity contribution is 0.0475. The highest BCUT2D eigenvalue weighted by Crippen LogP contribution is 2.33. The van der Waals surface area contributed by atoms with Gasteiger partial charge in [0.1, 0.15) is 0 Å². The monoisotopic (exact) mass is 340 g/mol. The summed E-state index contributed by atoms with van der Waals surface area (Å²) in [5, 5.41) is 0.725. The van der Waals surface area contributed by atoms with Gasteiger partial charge in [0, 0.05) is 19.1 Å². The van der Waals surface area contributed by atoms with Crippen LogP contribution in [0.15, 0.2) is 18.2 Å². The number of hydrogen-bond acceptors (Lipinski definition) is 5. The standard InChI is InChI=1S/C19H20N2O4/c1-11-5-6-14-13(8-11)16-17(15(20-14)10-24-2)19(23)21(18(16)22)9-12-4-3-7-25-12/h5-6,8,12H,3-4,7,9-10H2,1-2H3. The topological polar surface area (TPSA) is 68.7 Å². The number of hydrogen-bond donors (Lipinski definition) is 0. The molecule has 0 radical (unpaired) electrons. The molecule has 2 amide bonds. The summed E-state index contributed by atoms with van der Waals surface area (Å²) in [5.74, 6) is -0.552. The summed E-state index contributed by atoms with van der Waals surface area (Å²) >= 11 is 0. The number of fused-ring (bicyclic) bond motifs is 3. The van der Waals surface area contributed by atoms with E-state index < -0.39 is 0 Å². The number of carbonyl (C=O) groups excluding carboxylic acids is 2. The molecule has 4 rings (SSSR count). The van der Waals surface area contributed by atoms with Gasteiger partial charge < -0.3 is 9.47 Å². The molecule has 1 aromatic heterocycles. The van der Waals surface area contributed by atoms with Gasteiger partial charge in [-0.25, -0.2) is 4.98 Å². The van der Waals surface area contributed by atoms with Crippen LogP contribution in [0, 0.1) is 6.92 Å².